The number of H-pyrrole nitrogens is 2. The molecule has 96 valence electrons. The molecule has 0 bridgehead atoms. The zero-order valence-electron chi connectivity index (χ0n) is 10.3. The molecular weight excluding hydrogens is 234 g/mol. The Balaban J connectivity index is 1.93. The van der Waals surface area contributed by atoms with Crippen molar-refractivity contribution in [3.8, 4) is 0 Å². The summed E-state index contributed by atoms with van der Waals surface area (Å²) in [5, 5.41) is 4.06. The molecule has 1 amide bonds. The smallest absolute Gasteiger partial charge is 0.323 e. The van der Waals surface area contributed by atoms with Crippen molar-refractivity contribution in [1.82, 2.24) is 24.6 Å². The highest BCUT2D eigenvalue weighted by Crippen LogP contribution is 2.01. The summed E-state index contributed by atoms with van der Waals surface area (Å²) in [7, 11) is 3.55. The monoisotopic (exact) mass is 249 g/mol. The average Bonchev–Trinajstić information content (AvgIpc) is 2.94. The zero-order chi connectivity index (χ0) is 13.1. The van der Waals surface area contributed by atoms with Crippen molar-refractivity contribution in [3.05, 3.63) is 40.3 Å². The van der Waals surface area contributed by atoms with E-state index in [1.165, 1.54) is 6.20 Å². The molecule has 0 atom stereocenters. The maximum atomic E-state index is 11.9. The van der Waals surface area contributed by atoms with E-state index in [1.807, 2.05) is 13.2 Å². The highest BCUT2D eigenvalue weighted by atomic mass is 16.2. The number of rotatable bonds is 4. The second-order valence-corrected chi connectivity index (χ2v) is 4.16. The Kier molecular flexibility index (Phi) is 3.31. The fourth-order valence-electron chi connectivity index (χ4n) is 1.65. The van der Waals surface area contributed by atoms with Gasteiger partial charge in [0.15, 0.2) is 0 Å². The number of hydrogen-bond donors (Lipinski definition) is 2. The first-order valence-corrected chi connectivity index (χ1v) is 5.57. The summed E-state index contributed by atoms with van der Waals surface area (Å²) in [6, 6.07) is 0. The van der Waals surface area contributed by atoms with E-state index < -0.39 is 0 Å². The molecule has 2 aromatic heterocycles. The third-order valence-corrected chi connectivity index (χ3v) is 2.67. The second-order valence-electron chi connectivity index (χ2n) is 4.16. The molecule has 0 unspecified atom stereocenters. The predicted octanol–water partition coefficient (Wildman–Crippen LogP) is -0.249. The molecular formula is C11H15N5O2. The maximum Gasteiger partial charge on any atom is 0.323 e. The van der Waals surface area contributed by atoms with Crippen LogP contribution in [0.15, 0.2) is 23.4 Å². The van der Waals surface area contributed by atoms with Gasteiger partial charge >= 0.3 is 5.69 Å². The van der Waals surface area contributed by atoms with E-state index in [0.29, 0.717) is 6.54 Å². The Morgan fingerprint density at radius 1 is 1.56 bits per heavy atom. The van der Waals surface area contributed by atoms with Crippen LogP contribution in [0.5, 0.6) is 0 Å². The third-order valence-electron chi connectivity index (χ3n) is 2.67. The lowest BCUT2D eigenvalue weighted by Crippen LogP contribution is -2.29. The first kappa shape index (κ1) is 12.2. The molecule has 0 aliphatic heterocycles. The van der Waals surface area contributed by atoms with Gasteiger partial charge in [0.1, 0.15) is 5.69 Å². The number of nitrogens with zero attached hydrogens (tertiary/aromatic N) is 3. The summed E-state index contributed by atoms with van der Waals surface area (Å²) >= 11 is 0. The minimum absolute atomic E-state index is 0.211. The Morgan fingerprint density at radius 3 is 2.89 bits per heavy atom. The lowest BCUT2D eigenvalue weighted by molar-refractivity contribution is 0.0791. The molecule has 7 heteroatoms. The summed E-state index contributed by atoms with van der Waals surface area (Å²) in [5.74, 6) is -0.211. The Morgan fingerprint density at radius 2 is 2.33 bits per heavy atom. The van der Waals surface area contributed by atoms with Crippen LogP contribution in [0.2, 0.25) is 0 Å². The van der Waals surface area contributed by atoms with E-state index in [2.05, 4.69) is 15.1 Å². The Hall–Kier alpha value is -2.31. The summed E-state index contributed by atoms with van der Waals surface area (Å²) < 4.78 is 1.72. The fraction of sp³-hybridized carbons (Fsp3) is 0.364. The van der Waals surface area contributed by atoms with Crippen molar-refractivity contribution in [2.24, 2.45) is 7.05 Å². The number of aryl methyl sites for hydroxylation is 1. The lowest BCUT2D eigenvalue weighted by atomic mass is 10.2. The number of aromatic amines is 2. The van der Waals surface area contributed by atoms with Gasteiger partial charge in [-0.3, -0.25) is 9.48 Å². The highest BCUT2D eigenvalue weighted by Gasteiger charge is 2.13. The summed E-state index contributed by atoms with van der Waals surface area (Å²) in [6.45, 7) is 0.567. The van der Waals surface area contributed by atoms with Gasteiger partial charge in [-0.25, -0.2) is 4.79 Å². The van der Waals surface area contributed by atoms with Gasteiger partial charge in [0.05, 0.1) is 6.20 Å². The van der Waals surface area contributed by atoms with Crippen LogP contribution in [-0.2, 0) is 13.5 Å². The number of imidazole rings is 1. The molecule has 18 heavy (non-hydrogen) atoms. The molecule has 2 heterocycles. The summed E-state index contributed by atoms with van der Waals surface area (Å²) in [5.41, 5.74) is 0.965. The topological polar surface area (TPSA) is 86.8 Å². The van der Waals surface area contributed by atoms with Crippen molar-refractivity contribution < 1.29 is 4.79 Å². The van der Waals surface area contributed by atoms with Crippen molar-refractivity contribution >= 4 is 5.91 Å². The van der Waals surface area contributed by atoms with Crippen LogP contribution < -0.4 is 5.69 Å². The number of amides is 1. The summed E-state index contributed by atoms with van der Waals surface area (Å²) in [6.07, 6.45) is 5.79. The van der Waals surface area contributed by atoms with E-state index in [0.717, 1.165) is 12.0 Å². The number of carbonyl (C=O) groups is 1. The number of hydrogen-bond acceptors (Lipinski definition) is 3. The van der Waals surface area contributed by atoms with Gasteiger partial charge in [0.25, 0.3) is 5.91 Å². The van der Waals surface area contributed by atoms with E-state index in [9.17, 15) is 9.59 Å². The molecule has 2 N–H and O–H groups in total. The van der Waals surface area contributed by atoms with Crippen molar-refractivity contribution in [1.29, 1.82) is 0 Å². The SMILES string of the molecule is CN(CCc1cnn(C)c1)C(=O)c1c[nH]c(=O)[nH]1. The number of carbonyl (C=O) groups excluding carboxylic acids is 1. The fourth-order valence-corrected chi connectivity index (χ4v) is 1.65. The molecule has 0 saturated carbocycles. The van der Waals surface area contributed by atoms with Gasteiger partial charge < -0.3 is 14.9 Å². The lowest BCUT2D eigenvalue weighted by Gasteiger charge is -2.15. The Bertz CT molecular complexity index is 594. The largest absolute Gasteiger partial charge is 0.340 e. The van der Waals surface area contributed by atoms with E-state index >= 15 is 0 Å². The zero-order valence-corrected chi connectivity index (χ0v) is 10.3. The minimum Gasteiger partial charge on any atom is -0.340 e. The number of nitrogens with one attached hydrogen (secondary N) is 2. The minimum atomic E-state index is -0.376. The van der Waals surface area contributed by atoms with Crippen LogP contribution in [0.4, 0.5) is 0 Å². The number of likely N-dealkylation sites (N-methyl/N-ethyl adjacent to an activating group) is 1. The van der Waals surface area contributed by atoms with Gasteiger partial charge in [0.2, 0.25) is 0 Å². The molecule has 2 aromatic rings. The van der Waals surface area contributed by atoms with Crippen molar-refractivity contribution in [2.45, 2.75) is 6.42 Å². The quantitative estimate of drug-likeness (QED) is 0.783. The molecule has 0 aliphatic carbocycles. The first-order chi connectivity index (χ1) is 8.56. The highest BCUT2D eigenvalue weighted by molar-refractivity contribution is 5.91. The molecule has 0 spiro atoms. The molecule has 0 saturated heterocycles. The molecule has 0 radical (unpaired) electrons. The van der Waals surface area contributed by atoms with Crippen LogP contribution in [0.1, 0.15) is 16.1 Å². The average molecular weight is 249 g/mol. The van der Waals surface area contributed by atoms with E-state index in [4.69, 9.17) is 0 Å². The standard InChI is InChI=1S/C11H15N5O2/c1-15(4-3-8-5-13-16(2)7-8)10(17)9-6-12-11(18)14-9/h5-7H,3-4H2,1-2H3,(H2,12,14,18). The predicted molar refractivity (Wildman–Crippen MR) is 65.3 cm³/mol. The molecule has 7 nitrogen and oxygen atoms in total. The number of aromatic nitrogens is 4. The third kappa shape index (κ3) is 2.68. The van der Waals surface area contributed by atoms with Gasteiger partial charge in [-0.2, -0.15) is 5.10 Å². The van der Waals surface area contributed by atoms with Crippen LogP contribution in [-0.4, -0.2) is 44.1 Å². The van der Waals surface area contributed by atoms with Crippen molar-refractivity contribution in [2.75, 3.05) is 13.6 Å². The van der Waals surface area contributed by atoms with E-state index in [-0.39, 0.29) is 17.3 Å². The molecule has 2 rings (SSSR count). The molecule has 0 aliphatic rings. The van der Waals surface area contributed by atoms with Crippen LogP contribution >= 0.6 is 0 Å². The molecule has 0 fully saturated rings. The molecule has 0 aromatic carbocycles. The van der Waals surface area contributed by atoms with Crippen molar-refractivity contribution in [3.63, 3.8) is 0 Å². The first-order valence-electron chi connectivity index (χ1n) is 5.57. The van der Waals surface area contributed by atoms with Crippen LogP contribution in [0, 0.1) is 0 Å². The van der Waals surface area contributed by atoms with E-state index in [1.54, 1.807) is 22.8 Å². The Labute approximate surface area is 103 Å². The van der Waals surface area contributed by atoms with Gasteiger partial charge in [0, 0.05) is 33.0 Å². The normalized spacial score (nSPS) is 10.6. The second kappa shape index (κ2) is 4.91. The van der Waals surface area contributed by atoms with Crippen LogP contribution in [0.3, 0.4) is 0 Å². The van der Waals surface area contributed by atoms with Gasteiger partial charge in [-0.1, -0.05) is 0 Å². The maximum absolute atomic E-state index is 11.9. The van der Waals surface area contributed by atoms with Crippen LogP contribution in [0.25, 0.3) is 0 Å². The van der Waals surface area contributed by atoms with Gasteiger partial charge in [-0.05, 0) is 12.0 Å². The van der Waals surface area contributed by atoms with Gasteiger partial charge in [-0.15, -0.1) is 0 Å². The summed E-state index contributed by atoms with van der Waals surface area (Å²) in [4.78, 5) is 29.2.